The number of sulfonamides is 1. The van der Waals surface area contributed by atoms with Crippen molar-refractivity contribution in [2.75, 3.05) is 15.9 Å². The van der Waals surface area contributed by atoms with Crippen molar-refractivity contribution in [1.29, 1.82) is 0 Å². The fourth-order valence-electron chi connectivity index (χ4n) is 2.80. The molecule has 0 saturated heterocycles. The average molecular weight is 566 g/mol. The summed E-state index contributed by atoms with van der Waals surface area (Å²) >= 11 is 1.59. The van der Waals surface area contributed by atoms with Gasteiger partial charge >= 0.3 is 201 Å². The Labute approximate surface area is 200 Å². The molecule has 32 heavy (non-hydrogen) atoms. The Hall–Kier alpha value is -2.86. The molecule has 0 radical (unpaired) electrons. The van der Waals surface area contributed by atoms with Gasteiger partial charge in [-0.15, -0.1) is 0 Å². The van der Waals surface area contributed by atoms with Gasteiger partial charge in [-0.3, -0.25) is 0 Å². The van der Waals surface area contributed by atoms with E-state index in [1.165, 1.54) is 11.8 Å². The van der Waals surface area contributed by atoms with Crippen LogP contribution in [0.25, 0.3) is 0 Å². The summed E-state index contributed by atoms with van der Waals surface area (Å²) in [4.78, 5) is 13.9. The van der Waals surface area contributed by atoms with E-state index in [1.807, 2.05) is 37.3 Å². The van der Waals surface area contributed by atoms with E-state index in [2.05, 4.69) is 4.72 Å². The SMILES string of the molecule is CC(=O)N(C(=[Te])Oc1ccc(C)cc1)c1ccc(NS(C)(=O)=O)c(Oc2ccccc2)c1. The van der Waals surface area contributed by atoms with Gasteiger partial charge in [0.05, 0.1) is 0 Å². The molecule has 0 spiro atoms. The van der Waals surface area contributed by atoms with E-state index >= 15 is 0 Å². The molecule has 0 aliphatic heterocycles. The molecule has 0 atom stereocenters. The number of amides is 1. The van der Waals surface area contributed by atoms with Crippen molar-refractivity contribution in [1.82, 2.24) is 0 Å². The third-order valence-electron chi connectivity index (χ3n) is 4.21. The molecule has 0 heterocycles. The van der Waals surface area contributed by atoms with Crippen LogP contribution in [0.4, 0.5) is 11.4 Å². The Balaban J connectivity index is 1.97. The summed E-state index contributed by atoms with van der Waals surface area (Å²) in [5, 5.41) is 0. The second kappa shape index (κ2) is 10.2. The number of rotatable bonds is 8. The van der Waals surface area contributed by atoms with Crippen LogP contribution in [-0.2, 0) is 14.8 Å². The number of hydrogen-bond donors (Lipinski definition) is 1. The Morgan fingerprint density at radius 1 is 0.969 bits per heavy atom. The molecular formula is C23H22N2O5STe. The fraction of sp³-hybridized carbons (Fsp3) is 0.130. The predicted molar refractivity (Wildman–Crippen MR) is 127 cm³/mol. The second-order valence-corrected chi connectivity index (χ2v) is 9.75. The van der Waals surface area contributed by atoms with Gasteiger partial charge in [0.25, 0.3) is 0 Å². The number of carbonyl (C=O) groups excluding carboxylic acids is 1. The standard InChI is InChI=1S/C23H22N2O5STe/c1-16-9-12-20(13-10-16)30-23(32)25(17(2)26)18-11-14-21(24-31(3,27)28)22(15-18)29-19-7-5-4-6-8-19/h4-15,24H,1-3H3. The van der Waals surface area contributed by atoms with Gasteiger partial charge in [-0.1, -0.05) is 0 Å². The van der Waals surface area contributed by atoms with E-state index in [4.69, 9.17) is 9.47 Å². The number of nitrogens with one attached hydrogen (secondary N) is 1. The first-order valence-electron chi connectivity index (χ1n) is 9.56. The molecule has 0 bridgehead atoms. The maximum atomic E-state index is 12.5. The van der Waals surface area contributed by atoms with Crippen LogP contribution >= 0.6 is 0 Å². The quantitative estimate of drug-likeness (QED) is 0.420. The van der Waals surface area contributed by atoms with Gasteiger partial charge in [-0.05, 0) is 0 Å². The summed E-state index contributed by atoms with van der Waals surface area (Å²) in [7, 11) is -3.54. The Morgan fingerprint density at radius 2 is 1.62 bits per heavy atom. The van der Waals surface area contributed by atoms with Gasteiger partial charge < -0.3 is 0 Å². The average Bonchev–Trinajstić information content (AvgIpc) is 2.71. The van der Waals surface area contributed by atoms with E-state index in [9.17, 15) is 13.2 Å². The van der Waals surface area contributed by atoms with Crippen LogP contribution in [-0.4, -0.2) is 46.3 Å². The minimum absolute atomic E-state index is 0.245. The summed E-state index contributed by atoms with van der Waals surface area (Å²) in [5.74, 6) is 1.09. The number of aryl methyl sites for hydroxylation is 1. The van der Waals surface area contributed by atoms with E-state index in [1.54, 1.807) is 64.3 Å². The zero-order valence-corrected chi connectivity index (χ0v) is 20.9. The van der Waals surface area contributed by atoms with Gasteiger partial charge in [0.2, 0.25) is 0 Å². The number of benzene rings is 3. The molecule has 3 rings (SSSR count). The van der Waals surface area contributed by atoms with Crippen LogP contribution in [0, 0.1) is 6.92 Å². The van der Waals surface area contributed by atoms with E-state index in [-0.39, 0.29) is 17.3 Å². The topological polar surface area (TPSA) is 84.9 Å². The molecule has 1 N–H and O–H groups in total. The van der Waals surface area contributed by atoms with Crippen molar-refractivity contribution in [3.63, 3.8) is 0 Å². The summed E-state index contributed by atoms with van der Waals surface area (Å²) in [6.45, 7) is 3.40. The maximum absolute atomic E-state index is 12.5. The summed E-state index contributed by atoms with van der Waals surface area (Å²) in [5.41, 5.74) is 1.81. The van der Waals surface area contributed by atoms with E-state index in [0.717, 1.165) is 11.8 Å². The molecule has 0 aliphatic carbocycles. The second-order valence-electron chi connectivity index (χ2n) is 7.01. The molecule has 3 aromatic carbocycles. The molecule has 7 nitrogen and oxygen atoms in total. The zero-order chi connectivity index (χ0) is 23.3. The van der Waals surface area contributed by atoms with Crippen LogP contribution in [0.2, 0.25) is 0 Å². The number of hydrogen-bond acceptors (Lipinski definition) is 5. The monoisotopic (exact) mass is 568 g/mol. The summed E-state index contributed by atoms with van der Waals surface area (Å²) in [6.07, 6.45) is 1.06. The summed E-state index contributed by atoms with van der Waals surface area (Å²) < 4.78 is 38.2. The van der Waals surface area contributed by atoms with Gasteiger partial charge in [0, 0.05) is 0 Å². The first kappa shape index (κ1) is 23.8. The van der Waals surface area contributed by atoms with Crippen molar-refractivity contribution < 1.29 is 22.7 Å². The van der Waals surface area contributed by atoms with E-state index in [0.29, 0.717) is 21.0 Å². The minimum atomic E-state index is -3.54. The van der Waals surface area contributed by atoms with Gasteiger partial charge in [-0.25, -0.2) is 0 Å². The van der Waals surface area contributed by atoms with Crippen molar-refractivity contribution in [2.45, 2.75) is 13.8 Å². The predicted octanol–water partition coefficient (Wildman–Crippen LogP) is 3.85. The van der Waals surface area contributed by atoms with Crippen LogP contribution in [0.15, 0.2) is 72.8 Å². The molecule has 0 saturated carbocycles. The van der Waals surface area contributed by atoms with Crippen molar-refractivity contribution >= 4 is 53.0 Å². The molecular weight excluding hydrogens is 544 g/mol. The van der Waals surface area contributed by atoms with Gasteiger partial charge in [-0.2, -0.15) is 0 Å². The molecule has 3 aromatic rings. The van der Waals surface area contributed by atoms with Crippen molar-refractivity contribution in [2.24, 2.45) is 0 Å². The van der Waals surface area contributed by atoms with E-state index < -0.39 is 10.0 Å². The van der Waals surface area contributed by atoms with Crippen LogP contribution in [0.3, 0.4) is 0 Å². The molecule has 0 aliphatic rings. The third kappa shape index (κ3) is 6.57. The number of nitrogens with zero attached hydrogens (tertiary/aromatic N) is 1. The van der Waals surface area contributed by atoms with Crippen molar-refractivity contribution in [3.8, 4) is 17.2 Å². The number of ether oxygens (including phenoxy) is 2. The first-order chi connectivity index (χ1) is 15.1. The van der Waals surface area contributed by atoms with Crippen LogP contribution in [0.5, 0.6) is 17.2 Å². The molecule has 9 heteroatoms. The Kier molecular flexibility index (Phi) is 7.56. The Morgan fingerprint density at radius 3 is 2.22 bits per heavy atom. The Bertz CT molecular complexity index is 1230. The molecule has 166 valence electrons. The zero-order valence-electron chi connectivity index (χ0n) is 17.7. The molecule has 0 aromatic heterocycles. The number of anilines is 2. The molecule has 0 fully saturated rings. The molecule has 0 unspecified atom stereocenters. The third-order valence-corrected chi connectivity index (χ3v) is 5.56. The van der Waals surface area contributed by atoms with Crippen LogP contribution in [0.1, 0.15) is 12.5 Å². The normalized spacial score (nSPS) is 10.8. The fourth-order valence-corrected chi connectivity index (χ4v) is 4.31. The summed E-state index contributed by atoms with van der Waals surface area (Å²) in [6, 6.07) is 21.2. The van der Waals surface area contributed by atoms with Crippen LogP contribution < -0.4 is 19.1 Å². The number of para-hydroxylation sites is 1. The first-order valence-corrected chi connectivity index (χ1v) is 12.6. The van der Waals surface area contributed by atoms with Gasteiger partial charge in [0.15, 0.2) is 0 Å². The van der Waals surface area contributed by atoms with Gasteiger partial charge in [0.1, 0.15) is 0 Å². The van der Waals surface area contributed by atoms with Crippen molar-refractivity contribution in [3.05, 3.63) is 78.4 Å². The number of carbonyl (C=O) groups is 1. The molecule has 1 amide bonds.